The monoisotopic (exact) mass is 283 g/mol. The summed E-state index contributed by atoms with van der Waals surface area (Å²) >= 11 is 11.8. The molecule has 0 atom stereocenters. The van der Waals surface area contributed by atoms with E-state index in [0.717, 1.165) is 0 Å². The molecule has 1 heterocycles. The molecule has 2 N–H and O–H groups in total. The van der Waals surface area contributed by atoms with Gasteiger partial charge >= 0.3 is 5.97 Å². The average molecular weight is 284 g/mol. The van der Waals surface area contributed by atoms with Gasteiger partial charge in [-0.15, -0.1) is 0 Å². The molecule has 0 aliphatic rings. The fourth-order valence-electron chi connectivity index (χ4n) is 1.51. The molecule has 18 heavy (non-hydrogen) atoms. The highest BCUT2D eigenvalue weighted by Crippen LogP contribution is 2.28. The van der Waals surface area contributed by atoms with Gasteiger partial charge in [0.15, 0.2) is 0 Å². The summed E-state index contributed by atoms with van der Waals surface area (Å²) in [4.78, 5) is 24.8. The SMILES string of the molecule is O=C(O)c1ccc(-c2cc(Cl)ccc2Cl)c(=O)[nH]1. The smallest absolute Gasteiger partial charge is 0.352 e. The summed E-state index contributed by atoms with van der Waals surface area (Å²) in [5.74, 6) is -1.20. The number of carboxylic acid groups (broad SMARTS) is 1. The molecule has 1 aromatic carbocycles. The summed E-state index contributed by atoms with van der Waals surface area (Å²) in [5.41, 5.74) is 0.0239. The second kappa shape index (κ2) is 4.84. The maximum absolute atomic E-state index is 11.8. The minimum Gasteiger partial charge on any atom is -0.477 e. The molecule has 0 bridgehead atoms. The molecule has 6 heteroatoms. The zero-order valence-electron chi connectivity index (χ0n) is 8.91. The van der Waals surface area contributed by atoms with E-state index < -0.39 is 11.5 Å². The van der Waals surface area contributed by atoms with Gasteiger partial charge in [-0.25, -0.2) is 4.79 Å². The Bertz CT molecular complexity index is 679. The summed E-state index contributed by atoms with van der Waals surface area (Å²) in [5, 5.41) is 9.56. The molecule has 0 saturated heterocycles. The van der Waals surface area contributed by atoms with Crippen molar-refractivity contribution < 1.29 is 9.90 Å². The van der Waals surface area contributed by atoms with Gasteiger partial charge in [0.2, 0.25) is 0 Å². The maximum Gasteiger partial charge on any atom is 0.352 e. The molecule has 92 valence electrons. The molecule has 0 fully saturated rings. The Kier molecular flexibility index (Phi) is 3.41. The van der Waals surface area contributed by atoms with Gasteiger partial charge < -0.3 is 10.1 Å². The van der Waals surface area contributed by atoms with Crippen LogP contribution in [-0.2, 0) is 0 Å². The largest absolute Gasteiger partial charge is 0.477 e. The van der Waals surface area contributed by atoms with Crippen molar-refractivity contribution in [1.29, 1.82) is 0 Å². The van der Waals surface area contributed by atoms with Crippen LogP contribution in [0, 0.1) is 0 Å². The molecule has 2 aromatic rings. The van der Waals surface area contributed by atoms with E-state index in [0.29, 0.717) is 15.6 Å². The van der Waals surface area contributed by atoms with Crippen LogP contribution in [0.25, 0.3) is 11.1 Å². The normalized spacial score (nSPS) is 10.3. The number of carboxylic acids is 1. The molecule has 2 rings (SSSR count). The summed E-state index contributed by atoms with van der Waals surface area (Å²) in [6.45, 7) is 0. The van der Waals surface area contributed by atoms with Crippen LogP contribution in [0.4, 0.5) is 0 Å². The van der Waals surface area contributed by atoms with Crippen LogP contribution in [0.3, 0.4) is 0 Å². The van der Waals surface area contributed by atoms with Gasteiger partial charge in [0.1, 0.15) is 5.69 Å². The molecule has 4 nitrogen and oxygen atoms in total. The summed E-state index contributed by atoms with van der Waals surface area (Å²) in [7, 11) is 0. The predicted octanol–water partition coefficient (Wildman–Crippen LogP) is 3.05. The molecule has 1 aromatic heterocycles. The van der Waals surface area contributed by atoms with E-state index in [1.165, 1.54) is 12.1 Å². The molecule has 0 aliphatic carbocycles. The summed E-state index contributed by atoms with van der Waals surface area (Å²) in [6.07, 6.45) is 0. The maximum atomic E-state index is 11.8. The Morgan fingerprint density at radius 1 is 1.11 bits per heavy atom. The third-order valence-electron chi connectivity index (χ3n) is 2.36. The van der Waals surface area contributed by atoms with E-state index in [2.05, 4.69) is 4.98 Å². The van der Waals surface area contributed by atoms with Gasteiger partial charge in [0.05, 0.1) is 0 Å². The number of hydrogen-bond acceptors (Lipinski definition) is 2. The van der Waals surface area contributed by atoms with E-state index in [-0.39, 0.29) is 11.3 Å². The minimum atomic E-state index is -1.20. The van der Waals surface area contributed by atoms with Crippen LogP contribution < -0.4 is 5.56 Å². The number of H-pyrrole nitrogens is 1. The van der Waals surface area contributed by atoms with Gasteiger partial charge in [-0.05, 0) is 30.3 Å². The van der Waals surface area contributed by atoms with Crippen molar-refractivity contribution in [2.75, 3.05) is 0 Å². The Labute approximate surface area is 112 Å². The fraction of sp³-hybridized carbons (Fsp3) is 0. The van der Waals surface area contributed by atoms with Gasteiger partial charge in [0, 0.05) is 21.2 Å². The van der Waals surface area contributed by atoms with E-state index in [4.69, 9.17) is 28.3 Å². The Morgan fingerprint density at radius 2 is 1.83 bits per heavy atom. The first kappa shape index (κ1) is 12.7. The van der Waals surface area contributed by atoms with Crippen LogP contribution >= 0.6 is 23.2 Å². The molecule has 0 amide bonds. The van der Waals surface area contributed by atoms with Gasteiger partial charge in [-0.2, -0.15) is 0 Å². The van der Waals surface area contributed by atoms with Crippen LogP contribution in [0.15, 0.2) is 35.1 Å². The minimum absolute atomic E-state index is 0.179. The number of halogens is 2. The van der Waals surface area contributed by atoms with Crippen molar-refractivity contribution in [3.05, 3.63) is 56.4 Å². The van der Waals surface area contributed by atoms with E-state index in [1.54, 1.807) is 18.2 Å². The van der Waals surface area contributed by atoms with Gasteiger partial charge in [-0.1, -0.05) is 23.2 Å². The molecule has 0 radical (unpaired) electrons. The van der Waals surface area contributed by atoms with Crippen molar-refractivity contribution in [2.24, 2.45) is 0 Å². The topological polar surface area (TPSA) is 70.2 Å². The number of carbonyl (C=O) groups is 1. The lowest BCUT2D eigenvalue weighted by Gasteiger charge is -2.04. The quantitative estimate of drug-likeness (QED) is 0.890. The summed E-state index contributed by atoms with van der Waals surface area (Å²) < 4.78 is 0. The second-order valence-electron chi connectivity index (χ2n) is 3.54. The van der Waals surface area contributed by atoms with Crippen LogP contribution in [0.5, 0.6) is 0 Å². The average Bonchev–Trinajstić information content (AvgIpc) is 2.32. The summed E-state index contributed by atoms with van der Waals surface area (Å²) in [6, 6.07) is 7.43. The third kappa shape index (κ3) is 2.39. The van der Waals surface area contributed by atoms with Crippen molar-refractivity contribution in [1.82, 2.24) is 4.98 Å². The lowest BCUT2D eigenvalue weighted by Crippen LogP contribution is -2.14. The van der Waals surface area contributed by atoms with Gasteiger partial charge in [-0.3, -0.25) is 4.79 Å². The van der Waals surface area contributed by atoms with Gasteiger partial charge in [0.25, 0.3) is 5.56 Å². The van der Waals surface area contributed by atoms with E-state index >= 15 is 0 Å². The first-order valence-corrected chi connectivity index (χ1v) is 5.66. The zero-order chi connectivity index (χ0) is 13.3. The molecular weight excluding hydrogens is 277 g/mol. The van der Waals surface area contributed by atoms with Crippen molar-refractivity contribution >= 4 is 29.2 Å². The number of hydrogen-bond donors (Lipinski definition) is 2. The molecular formula is C12H7Cl2NO3. The number of aromatic carboxylic acids is 1. The number of aromatic nitrogens is 1. The Balaban J connectivity index is 2.62. The number of rotatable bonds is 2. The number of benzene rings is 1. The molecule has 0 spiro atoms. The molecule has 0 saturated carbocycles. The lowest BCUT2D eigenvalue weighted by atomic mass is 10.1. The highest BCUT2D eigenvalue weighted by Gasteiger charge is 2.11. The fourth-order valence-corrected chi connectivity index (χ4v) is 1.91. The Morgan fingerprint density at radius 3 is 2.44 bits per heavy atom. The first-order valence-electron chi connectivity index (χ1n) is 4.91. The number of nitrogens with one attached hydrogen (secondary N) is 1. The number of aromatic amines is 1. The van der Waals surface area contributed by atoms with Crippen molar-refractivity contribution in [3.63, 3.8) is 0 Å². The predicted molar refractivity (Wildman–Crippen MR) is 69.5 cm³/mol. The highest BCUT2D eigenvalue weighted by molar-refractivity contribution is 6.35. The number of pyridine rings is 1. The second-order valence-corrected chi connectivity index (χ2v) is 4.39. The Hall–Kier alpha value is -1.78. The van der Waals surface area contributed by atoms with Crippen molar-refractivity contribution in [2.45, 2.75) is 0 Å². The van der Waals surface area contributed by atoms with E-state index in [1.807, 2.05) is 0 Å². The van der Waals surface area contributed by atoms with E-state index in [9.17, 15) is 9.59 Å². The van der Waals surface area contributed by atoms with Crippen molar-refractivity contribution in [3.8, 4) is 11.1 Å². The molecule has 0 unspecified atom stereocenters. The standard InChI is InChI=1S/C12H7Cl2NO3/c13-6-1-3-9(14)8(5-6)7-2-4-10(12(17)18)15-11(7)16/h1-5H,(H,15,16)(H,17,18). The first-order chi connectivity index (χ1) is 8.49. The molecule has 0 aliphatic heterocycles. The lowest BCUT2D eigenvalue weighted by molar-refractivity contribution is 0.0690. The van der Waals surface area contributed by atoms with Crippen LogP contribution in [0.2, 0.25) is 10.0 Å². The highest BCUT2D eigenvalue weighted by atomic mass is 35.5. The van der Waals surface area contributed by atoms with Crippen LogP contribution in [-0.4, -0.2) is 16.1 Å². The third-order valence-corrected chi connectivity index (χ3v) is 2.92. The van der Waals surface area contributed by atoms with Crippen LogP contribution in [0.1, 0.15) is 10.5 Å². The zero-order valence-corrected chi connectivity index (χ0v) is 10.4.